The molecule has 0 amide bonds. The number of nitrogens with two attached hydrogens (primary N) is 1. The Morgan fingerprint density at radius 3 is 2.86 bits per heavy atom. The zero-order valence-electron chi connectivity index (χ0n) is 13.0. The first kappa shape index (κ1) is 14.0. The van der Waals surface area contributed by atoms with Crippen molar-refractivity contribution in [2.75, 3.05) is 5.73 Å². The van der Waals surface area contributed by atoms with Crippen molar-refractivity contribution in [2.24, 2.45) is 5.41 Å². The van der Waals surface area contributed by atoms with Crippen LogP contribution in [0.25, 0.3) is 11.4 Å². The van der Waals surface area contributed by atoms with Crippen molar-refractivity contribution >= 4 is 5.69 Å². The van der Waals surface area contributed by atoms with Crippen LogP contribution in [0, 0.1) is 12.3 Å². The molecule has 0 saturated heterocycles. The van der Waals surface area contributed by atoms with E-state index in [9.17, 15) is 0 Å². The smallest absolute Gasteiger partial charge is 0.184 e. The van der Waals surface area contributed by atoms with E-state index in [2.05, 4.69) is 29.4 Å². The van der Waals surface area contributed by atoms with Gasteiger partial charge in [-0.05, 0) is 47.2 Å². The largest absolute Gasteiger partial charge is 0.398 e. The lowest BCUT2D eigenvalue weighted by Crippen LogP contribution is -2.31. The zero-order chi connectivity index (χ0) is 15.0. The van der Waals surface area contributed by atoms with Crippen LogP contribution in [0.15, 0.2) is 18.2 Å². The van der Waals surface area contributed by atoms with Gasteiger partial charge in [-0.15, -0.1) is 5.10 Å². The third-order valence-corrected chi connectivity index (χ3v) is 4.80. The van der Waals surface area contributed by atoms with Gasteiger partial charge in [-0.25, -0.2) is 4.68 Å². The topological polar surface area (TPSA) is 69.6 Å². The molecule has 1 aromatic heterocycles. The summed E-state index contributed by atoms with van der Waals surface area (Å²) >= 11 is 0. The summed E-state index contributed by atoms with van der Waals surface area (Å²) in [5, 5.41) is 12.5. The molecule has 2 N–H and O–H groups in total. The highest BCUT2D eigenvalue weighted by Crippen LogP contribution is 2.44. The normalized spacial score (nSPS) is 21.4. The molecule has 3 rings (SSSR count). The number of anilines is 1. The van der Waals surface area contributed by atoms with E-state index in [0.29, 0.717) is 6.04 Å². The molecule has 1 saturated carbocycles. The van der Waals surface area contributed by atoms with Gasteiger partial charge in [0.25, 0.3) is 0 Å². The van der Waals surface area contributed by atoms with Crippen LogP contribution in [0.2, 0.25) is 0 Å². The predicted octanol–water partition coefficient (Wildman–Crippen LogP) is 3.37. The molecule has 1 unspecified atom stereocenters. The van der Waals surface area contributed by atoms with Crippen molar-refractivity contribution in [3.05, 3.63) is 23.8 Å². The Morgan fingerprint density at radius 1 is 1.29 bits per heavy atom. The number of hydrogen-bond donors (Lipinski definition) is 1. The first-order valence-corrected chi connectivity index (χ1v) is 7.64. The molecule has 0 spiro atoms. The molecule has 0 radical (unpaired) electrons. The minimum atomic E-state index is 0.209. The first-order chi connectivity index (χ1) is 10.0. The van der Waals surface area contributed by atoms with Gasteiger partial charge in [0, 0.05) is 11.3 Å². The molecule has 2 aromatic rings. The molecule has 1 aliphatic rings. The number of aryl methyl sites for hydroxylation is 1. The number of nitrogen functional groups attached to an aromatic ring is 1. The van der Waals surface area contributed by atoms with Gasteiger partial charge in [0.2, 0.25) is 0 Å². The molecular weight excluding hydrogens is 262 g/mol. The summed E-state index contributed by atoms with van der Waals surface area (Å²) in [5.74, 6) is 0.788. The van der Waals surface area contributed by atoms with Crippen LogP contribution >= 0.6 is 0 Å². The first-order valence-electron chi connectivity index (χ1n) is 7.64. The molecule has 1 aliphatic carbocycles. The highest BCUT2D eigenvalue weighted by Gasteiger charge is 2.36. The zero-order valence-corrected chi connectivity index (χ0v) is 13.0. The summed E-state index contributed by atoms with van der Waals surface area (Å²) in [5.41, 5.74) is 9.20. The molecule has 1 heterocycles. The number of aromatic nitrogens is 4. The lowest BCUT2D eigenvalue weighted by Gasteiger charge is -2.38. The van der Waals surface area contributed by atoms with E-state index in [0.717, 1.165) is 29.1 Å². The Bertz CT molecular complexity index is 644. The number of tetrazole rings is 1. The van der Waals surface area contributed by atoms with Crippen molar-refractivity contribution in [3.8, 4) is 11.4 Å². The predicted molar refractivity (Wildman–Crippen MR) is 83.7 cm³/mol. The second-order valence-electron chi connectivity index (χ2n) is 6.73. The molecule has 0 bridgehead atoms. The summed E-state index contributed by atoms with van der Waals surface area (Å²) in [6.45, 7) is 6.63. The average molecular weight is 285 g/mol. The highest BCUT2D eigenvalue weighted by molar-refractivity contribution is 5.74. The van der Waals surface area contributed by atoms with Gasteiger partial charge in [0.15, 0.2) is 5.82 Å². The van der Waals surface area contributed by atoms with E-state index < -0.39 is 0 Å². The summed E-state index contributed by atoms with van der Waals surface area (Å²) in [4.78, 5) is 0. The van der Waals surface area contributed by atoms with Crippen LogP contribution in [0.4, 0.5) is 5.69 Å². The summed E-state index contributed by atoms with van der Waals surface area (Å²) in [7, 11) is 0. The van der Waals surface area contributed by atoms with E-state index in [-0.39, 0.29) is 5.41 Å². The molecule has 1 atom stereocenters. The quantitative estimate of drug-likeness (QED) is 0.859. The highest BCUT2D eigenvalue weighted by atomic mass is 15.6. The minimum absolute atomic E-state index is 0.209. The summed E-state index contributed by atoms with van der Waals surface area (Å²) in [6.07, 6.45) is 4.85. The Labute approximate surface area is 125 Å². The molecule has 5 heteroatoms. The standard InChI is InChI=1S/C16H23N5/c1-11-7-6-8-12(14(11)17)15-18-19-20-21(15)13-9-4-5-10-16(13,2)3/h6-8,13H,4-5,9-10,17H2,1-3H3. The maximum atomic E-state index is 6.23. The van der Waals surface area contributed by atoms with Crippen LogP contribution in [0.3, 0.4) is 0 Å². The van der Waals surface area contributed by atoms with Gasteiger partial charge < -0.3 is 5.73 Å². The summed E-state index contributed by atoms with van der Waals surface area (Å²) in [6, 6.07) is 6.35. The van der Waals surface area contributed by atoms with Gasteiger partial charge in [-0.1, -0.05) is 38.8 Å². The fourth-order valence-corrected chi connectivity index (χ4v) is 3.39. The van der Waals surface area contributed by atoms with E-state index >= 15 is 0 Å². The number of benzene rings is 1. The molecule has 1 fully saturated rings. The van der Waals surface area contributed by atoms with Crippen LogP contribution in [-0.2, 0) is 0 Å². The van der Waals surface area contributed by atoms with Crippen molar-refractivity contribution in [1.29, 1.82) is 0 Å². The Morgan fingerprint density at radius 2 is 2.10 bits per heavy atom. The van der Waals surface area contributed by atoms with Gasteiger partial charge in [-0.2, -0.15) is 0 Å². The fraction of sp³-hybridized carbons (Fsp3) is 0.562. The monoisotopic (exact) mass is 285 g/mol. The molecule has 1 aromatic carbocycles. The second-order valence-corrected chi connectivity index (χ2v) is 6.73. The van der Waals surface area contributed by atoms with E-state index in [1.165, 1.54) is 19.3 Å². The van der Waals surface area contributed by atoms with Gasteiger partial charge in [-0.3, -0.25) is 0 Å². The minimum Gasteiger partial charge on any atom is -0.398 e. The number of para-hydroxylation sites is 1. The van der Waals surface area contributed by atoms with E-state index in [1.54, 1.807) is 0 Å². The molecule has 112 valence electrons. The van der Waals surface area contributed by atoms with Gasteiger partial charge in [0.05, 0.1) is 6.04 Å². The van der Waals surface area contributed by atoms with Crippen LogP contribution in [0.1, 0.15) is 51.1 Å². The molecule has 21 heavy (non-hydrogen) atoms. The van der Waals surface area contributed by atoms with Crippen LogP contribution in [-0.4, -0.2) is 20.2 Å². The number of nitrogens with zero attached hydrogens (tertiary/aromatic N) is 4. The van der Waals surface area contributed by atoms with Gasteiger partial charge >= 0.3 is 0 Å². The van der Waals surface area contributed by atoms with Crippen molar-refractivity contribution in [2.45, 2.75) is 52.5 Å². The lowest BCUT2D eigenvalue weighted by atomic mass is 9.73. The fourth-order valence-electron chi connectivity index (χ4n) is 3.39. The Hall–Kier alpha value is -1.91. The van der Waals surface area contributed by atoms with E-state index in [4.69, 9.17) is 5.73 Å². The Balaban J connectivity index is 2.07. The van der Waals surface area contributed by atoms with E-state index in [1.807, 2.05) is 29.8 Å². The summed E-state index contributed by atoms with van der Waals surface area (Å²) < 4.78 is 1.99. The third kappa shape index (κ3) is 2.41. The van der Waals surface area contributed by atoms with Gasteiger partial charge in [0.1, 0.15) is 0 Å². The maximum absolute atomic E-state index is 6.23. The second kappa shape index (κ2) is 5.13. The number of hydrogen-bond acceptors (Lipinski definition) is 4. The van der Waals surface area contributed by atoms with Crippen molar-refractivity contribution in [1.82, 2.24) is 20.2 Å². The Kier molecular flexibility index (Phi) is 3.43. The molecule has 0 aliphatic heterocycles. The van der Waals surface area contributed by atoms with Crippen molar-refractivity contribution in [3.63, 3.8) is 0 Å². The third-order valence-electron chi connectivity index (χ3n) is 4.80. The lowest BCUT2D eigenvalue weighted by molar-refractivity contribution is 0.132. The number of rotatable bonds is 2. The van der Waals surface area contributed by atoms with Crippen molar-refractivity contribution < 1.29 is 0 Å². The van der Waals surface area contributed by atoms with Crippen LogP contribution < -0.4 is 5.73 Å². The average Bonchev–Trinajstić information content (AvgIpc) is 2.90. The van der Waals surface area contributed by atoms with Crippen LogP contribution in [0.5, 0.6) is 0 Å². The molecule has 5 nitrogen and oxygen atoms in total. The molecular formula is C16H23N5. The maximum Gasteiger partial charge on any atom is 0.184 e. The SMILES string of the molecule is Cc1cccc(-c2nnnn2C2CCCCC2(C)C)c1N.